The molecule has 0 saturated heterocycles. The van der Waals surface area contributed by atoms with Gasteiger partial charge in [-0.15, -0.1) is 5.10 Å². The van der Waals surface area contributed by atoms with Crippen molar-refractivity contribution in [3.8, 4) is 28.7 Å². The van der Waals surface area contributed by atoms with Crippen molar-refractivity contribution in [1.29, 1.82) is 0 Å². The molecule has 5 rings (SSSR count). The maximum absolute atomic E-state index is 12.9. The van der Waals surface area contributed by atoms with Crippen LogP contribution in [0, 0.1) is 6.92 Å². The molecule has 0 fully saturated rings. The fraction of sp³-hybridized carbons (Fsp3) is 0.345. The second kappa shape index (κ2) is 12.5. The molecule has 0 saturated carbocycles. The molecule has 4 aromatic rings. The van der Waals surface area contributed by atoms with Crippen molar-refractivity contribution in [3.63, 3.8) is 0 Å². The van der Waals surface area contributed by atoms with Crippen molar-refractivity contribution in [1.82, 2.24) is 24.1 Å². The van der Waals surface area contributed by atoms with E-state index in [-0.39, 0.29) is 67.0 Å². The maximum atomic E-state index is 12.9. The van der Waals surface area contributed by atoms with Gasteiger partial charge in [-0.05, 0) is 31.5 Å². The van der Waals surface area contributed by atoms with Crippen LogP contribution >= 0.6 is 0 Å². The molecule has 0 amide bonds. The van der Waals surface area contributed by atoms with E-state index in [4.69, 9.17) is 14.2 Å². The van der Waals surface area contributed by atoms with E-state index in [1.807, 2.05) is 0 Å². The Morgan fingerprint density at radius 2 is 1.84 bits per heavy atom. The van der Waals surface area contributed by atoms with Gasteiger partial charge in [-0.25, -0.2) is 9.36 Å². The lowest BCUT2D eigenvalue weighted by molar-refractivity contribution is -0.143. The van der Waals surface area contributed by atoms with E-state index in [1.54, 1.807) is 26.1 Å². The van der Waals surface area contributed by atoms with Crippen molar-refractivity contribution in [2.24, 2.45) is 0 Å². The smallest absolute Gasteiger partial charge is 0.331 e. The van der Waals surface area contributed by atoms with Gasteiger partial charge in [0.05, 0.1) is 26.0 Å². The van der Waals surface area contributed by atoms with Crippen LogP contribution in [0.25, 0.3) is 0 Å². The van der Waals surface area contributed by atoms with Gasteiger partial charge >= 0.3 is 11.7 Å². The summed E-state index contributed by atoms with van der Waals surface area (Å²) < 4.78 is 20.7. The quantitative estimate of drug-likeness (QED) is 0.148. The molecule has 44 heavy (non-hydrogen) atoms. The van der Waals surface area contributed by atoms with Crippen LogP contribution in [0.1, 0.15) is 35.4 Å². The summed E-state index contributed by atoms with van der Waals surface area (Å²) in [5.41, 5.74) is 0.440. The predicted octanol–water partition coefficient (Wildman–Crippen LogP) is 1.26. The average Bonchev–Trinajstić information content (AvgIpc) is 3.44. The number of aromatic hydroxyl groups is 4. The molecule has 4 N–H and O–H groups in total. The van der Waals surface area contributed by atoms with Crippen molar-refractivity contribution in [2.75, 3.05) is 6.61 Å². The minimum absolute atomic E-state index is 0.00769. The molecule has 1 aliphatic heterocycles. The molecule has 0 radical (unpaired) electrons. The number of aromatic nitrogens is 5. The molecule has 0 spiro atoms. The number of aryl methyl sites for hydroxylation is 3. The van der Waals surface area contributed by atoms with Gasteiger partial charge in [0.25, 0.3) is 5.56 Å². The zero-order valence-corrected chi connectivity index (χ0v) is 23.9. The van der Waals surface area contributed by atoms with E-state index in [0.29, 0.717) is 16.8 Å². The van der Waals surface area contributed by atoms with Crippen LogP contribution < -0.4 is 16.0 Å². The van der Waals surface area contributed by atoms with Crippen molar-refractivity contribution in [3.05, 3.63) is 85.9 Å². The molecule has 2 atom stereocenters. The van der Waals surface area contributed by atoms with E-state index in [2.05, 4.69) is 10.3 Å². The Kier molecular flexibility index (Phi) is 8.57. The first-order chi connectivity index (χ1) is 21.0. The highest BCUT2D eigenvalue weighted by Crippen LogP contribution is 2.43. The second-order valence-electron chi connectivity index (χ2n) is 10.2. The highest BCUT2D eigenvalue weighted by molar-refractivity contribution is 5.69. The summed E-state index contributed by atoms with van der Waals surface area (Å²) in [7, 11) is 0. The van der Waals surface area contributed by atoms with E-state index in [0.717, 1.165) is 4.57 Å². The first-order valence-electron chi connectivity index (χ1n) is 13.7. The van der Waals surface area contributed by atoms with E-state index in [9.17, 15) is 34.8 Å². The lowest BCUT2D eigenvalue weighted by Crippen LogP contribution is -2.43. The zero-order chi connectivity index (χ0) is 31.5. The van der Waals surface area contributed by atoms with Gasteiger partial charge in [-0.1, -0.05) is 11.3 Å². The van der Waals surface area contributed by atoms with E-state index < -0.39 is 36.0 Å². The highest BCUT2D eigenvalue weighted by atomic mass is 16.5. The molecule has 15 heteroatoms. The Morgan fingerprint density at radius 1 is 1.05 bits per heavy atom. The number of hydrogen-bond acceptors (Lipinski definition) is 12. The van der Waals surface area contributed by atoms with Gasteiger partial charge in [-0.3, -0.25) is 18.8 Å². The number of carbonyl (C=O) groups excluding carboxylic acids is 1. The molecule has 2 aromatic carbocycles. The molecular formula is C29H31N5O10. The third kappa shape index (κ3) is 6.36. The SMILES string of the molecule is CCOC(=O)Cn1c(=O)c(C)cn(CCn2cc(CO[C@H]3Cc4c(O)cc(O)cc4O[C@@H]3c3ccc(O)c(O)c3)nn2)c1=O. The summed E-state index contributed by atoms with van der Waals surface area (Å²) in [5, 5.41) is 48.4. The number of benzene rings is 2. The topological polar surface area (TPSA) is 200 Å². The number of fused-ring (bicyclic) bond motifs is 1. The molecule has 0 aliphatic carbocycles. The van der Waals surface area contributed by atoms with Gasteiger partial charge in [0, 0.05) is 42.4 Å². The van der Waals surface area contributed by atoms with Gasteiger partial charge in [0.15, 0.2) is 17.6 Å². The van der Waals surface area contributed by atoms with Crippen LogP contribution in [0.4, 0.5) is 0 Å². The van der Waals surface area contributed by atoms with Crippen molar-refractivity contribution in [2.45, 2.75) is 58.7 Å². The standard InChI is InChI=1S/C29H31N5O10/c1-3-42-26(39)14-34-28(40)16(2)12-32(29(34)41)6-7-33-13-18(30-31-33)15-43-25-11-20-22(37)9-19(35)10-24(20)44-27(25)17-4-5-21(36)23(38)8-17/h4-5,8-10,12-13,25,27,35-38H,3,6-7,11,14-15H2,1-2H3/t25-,27+/m0/s1. The van der Waals surface area contributed by atoms with Gasteiger partial charge in [0.2, 0.25) is 0 Å². The Labute approximate surface area is 249 Å². The minimum Gasteiger partial charge on any atom is -0.508 e. The number of esters is 1. The monoisotopic (exact) mass is 609 g/mol. The molecular weight excluding hydrogens is 578 g/mol. The van der Waals surface area contributed by atoms with Crippen LogP contribution in [0.15, 0.2) is 52.3 Å². The Bertz CT molecular complexity index is 1810. The predicted molar refractivity (Wildman–Crippen MR) is 152 cm³/mol. The number of rotatable bonds is 10. The number of carbonyl (C=O) groups is 1. The van der Waals surface area contributed by atoms with Gasteiger partial charge in [0.1, 0.15) is 35.6 Å². The lowest BCUT2D eigenvalue weighted by Gasteiger charge is -2.34. The summed E-state index contributed by atoms with van der Waals surface area (Å²) in [6, 6.07) is 6.81. The molecule has 3 heterocycles. The maximum Gasteiger partial charge on any atom is 0.331 e. The molecule has 15 nitrogen and oxygen atoms in total. The molecule has 2 aromatic heterocycles. The first kappa shape index (κ1) is 30.2. The number of phenols is 4. The van der Waals surface area contributed by atoms with Crippen LogP contribution in [-0.2, 0) is 46.9 Å². The fourth-order valence-corrected chi connectivity index (χ4v) is 4.95. The van der Waals surface area contributed by atoms with Crippen LogP contribution in [-0.4, -0.2) is 63.2 Å². The second-order valence-corrected chi connectivity index (χ2v) is 10.2. The summed E-state index contributed by atoms with van der Waals surface area (Å²) in [4.78, 5) is 37.2. The summed E-state index contributed by atoms with van der Waals surface area (Å²) >= 11 is 0. The minimum atomic E-state index is -0.773. The van der Waals surface area contributed by atoms with E-state index in [1.165, 1.54) is 39.7 Å². The average molecular weight is 610 g/mol. The number of ether oxygens (including phenoxy) is 3. The van der Waals surface area contributed by atoms with Crippen LogP contribution in [0.5, 0.6) is 28.7 Å². The molecule has 232 valence electrons. The summed E-state index contributed by atoms with van der Waals surface area (Å²) in [6.07, 6.45) is 1.80. The Balaban J connectivity index is 1.29. The molecule has 0 bridgehead atoms. The van der Waals surface area contributed by atoms with Crippen LogP contribution in [0.3, 0.4) is 0 Å². The molecule has 1 aliphatic rings. The first-order valence-corrected chi connectivity index (χ1v) is 13.7. The van der Waals surface area contributed by atoms with Crippen LogP contribution in [0.2, 0.25) is 0 Å². The van der Waals surface area contributed by atoms with Crippen molar-refractivity contribution >= 4 is 5.97 Å². The summed E-state index contributed by atoms with van der Waals surface area (Å²) in [5.74, 6) is -1.42. The number of hydrogen-bond donors (Lipinski definition) is 4. The fourth-order valence-electron chi connectivity index (χ4n) is 4.95. The van der Waals surface area contributed by atoms with Gasteiger partial charge in [-0.2, -0.15) is 0 Å². The Morgan fingerprint density at radius 3 is 2.59 bits per heavy atom. The number of nitrogens with zero attached hydrogens (tertiary/aromatic N) is 5. The third-order valence-electron chi connectivity index (χ3n) is 7.10. The highest BCUT2D eigenvalue weighted by Gasteiger charge is 2.35. The zero-order valence-electron chi connectivity index (χ0n) is 23.9. The van der Waals surface area contributed by atoms with Crippen molar-refractivity contribution < 1.29 is 39.4 Å². The summed E-state index contributed by atoms with van der Waals surface area (Å²) in [6.45, 7) is 3.16. The largest absolute Gasteiger partial charge is 0.508 e. The molecule has 0 unspecified atom stereocenters. The lowest BCUT2D eigenvalue weighted by atomic mass is 9.93. The Hall–Kier alpha value is -5.31. The number of phenolic OH excluding ortho intramolecular Hbond substituents is 4. The van der Waals surface area contributed by atoms with E-state index >= 15 is 0 Å². The normalized spacial score (nSPS) is 15.9. The van der Waals surface area contributed by atoms with Gasteiger partial charge < -0.3 is 34.6 Å². The third-order valence-corrected chi connectivity index (χ3v) is 7.10.